The molecule has 1 saturated heterocycles. The number of likely N-dealkylation sites (tertiary alicyclic amines) is 1. The summed E-state index contributed by atoms with van der Waals surface area (Å²) in [7, 11) is 0. The van der Waals surface area contributed by atoms with Gasteiger partial charge in [0.05, 0.1) is 22.2 Å². The zero-order chi connectivity index (χ0) is 17.4. The molecule has 2 rings (SSSR count). The zero-order valence-electron chi connectivity index (χ0n) is 13.8. The lowest BCUT2D eigenvalue weighted by atomic mass is 10.0. The van der Waals surface area contributed by atoms with Gasteiger partial charge in [0.15, 0.2) is 0 Å². The summed E-state index contributed by atoms with van der Waals surface area (Å²) in [6.45, 7) is 7.45. The number of rotatable bonds is 2. The van der Waals surface area contributed by atoms with Crippen LogP contribution in [0.4, 0.5) is 4.79 Å². The minimum atomic E-state index is -0.831. The highest BCUT2D eigenvalue weighted by Crippen LogP contribution is 2.36. The molecule has 6 heteroatoms. The Labute approximate surface area is 147 Å². The summed E-state index contributed by atoms with van der Waals surface area (Å²) < 4.78 is 5.48. The van der Waals surface area contributed by atoms with E-state index in [2.05, 4.69) is 0 Å². The highest BCUT2D eigenvalue weighted by atomic mass is 35.5. The average Bonchev–Trinajstić information content (AvgIpc) is 2.81. The molecule has 1 amide bonds. The van der Waals surface area contributed by atoms with Crippen molar-refractivity contribution in [3.8, 4) is 0 Å². The summed E-state index contributed by atoms with van der Waals surface area (Å²) in [4.78, 5) is 14.1. The number of hydrogen-bond donors (Lipinski definition) is 1. The molecule has 1 N–H and O–H groups in total. The first-order valence-electron chi connectivity index (χ1n) is 7.74. The van der Waals surface area contributed by atoms with Gasteiger partial charge in [0, 0.05) is 6.04 Å². The second-order valence-electron chi connectivity index (χ2n) is 7.00. The molecule has 4 nitrogen and oxygen atoms in total. The molecule has 1 aliphatic rings. The summed E-state index contributed by atoms with van der Waals surface area (Å²) in [5.41, 5.74) is 0.0745. The van der Waals surface area contributed by atoms with Gasteiger partial charge in [-0.25, -0.2) is 4.79 Å². The highest BCUT2D eigenvalue weighted by Gasteiger charge is 2.41. The van der Waals surface area contributed by atoms with Gasteiger partial charge < -0.3 is 9.84 Å². The van der Waals surface area contributed by atoms with Crippen LogP contribution in [0.15, 0.2) is 18.2 Å². The first kappa shape index (κ1) is 18.4. The number of carbonyl (C=O) groups excluding carboxylic acids is 1. The van der Waals surface area contributed by atoms with E-state index in [1.807, 2.05) is 27.7 Å². The van der Waals surface area contributed by atoms with E-state index in [1.165, 1.54) is 0 Å². The van der Waals surface area contributed by atoms with Gasteiger partial charge in [-0.1, -0.05) is 29.3 Å². The molecule has 1 aliphatic heterocycles. The molecule has 1 aromatic carbocycles. The van der Waals surface area contributed by atoms with Crippen LogP contribution in [-0.4, -0.2) is 33.8 Å². The predicted molar refractivity (Wildman–Crippen MR) is 92.0 cm³/mol. The van der Waals surface area contributed by atoms with Crippen molar-refractivity contribution < 1.29 is 14.6 Å². The van der Waals surface area contributed by atoms with Gasteiger partial charge in [-0.15, -0.1) is 0 Å². The smallest absolute Gasteiger partial charge is 0.410 e. The van der Waals surface area contributed by atoms with E-state index in [0.717, 1.165) is 6.42 Å². The fourth-order valence-corrected chi connectivity index (χ4v) is 3.18. The largest absolute Gasteiger partial charge is 0.444 e. The summed E-state index contributed by atoms with van der Waals surface area (Å²) in [5.74, 6) is 0. The molecule has 1 fully saturated rings. The number of nitrogens with zero attached hydrogens (tertiary/aromatic N) is 1. The maximum atomic E-state index is 12.5. The Morgan fingerprint density at radius 2 is 1.96 bits per heavy atom. The Hall–Kier alpha value is -0.970. The van der Waals surface area contributed by atoms with Gasteiger partial charge in [0.2, 0.25) is 0 Å². The van der Waals surface area contributed by atoms with Crippen LogP contribution in [0.25, 0.3) is 0 Å². The van der Waals surface area contributed by atoms with E-state index in [0.29, 0.717) is 22.0 Å². The maximum absolute atomic E-state index is 12.5. The number of ether oxygens (including phenoxy) is 1. The third-order valence-corrected chi connectivity index (χ3v) is 4.71. The molecule has 0 aliphatic carbocycles. The second-order valence-corrected chi connectivity index (χ2v) is 7.81. The summed E-state index contributed by atoms with van der Waals surface area (Å²) in [6.07, 6.45) is 0.304. The fraction of sp³-hybridized carbons (Fsp3) is 0.588. The molecule has 0 aromatic heterocycles. The van der Waals surface area contributed by atoms with E-state index in [9.17, 15) is 9.90 Å². The van der Waals surface area contributed by atoms with Crippen LogP contribution in [0, 0.1) is 0 Å². The van der Waals surface area contributed by atoms with Crippen LogP contribution < -0.4 is 0 Å². The molecule has 0 spiro atoms. The van der Waals surface area contributed by atoms with Gasteiger partial charge in [0.1, 0.15) is 5.60 Å². The van der Waals surface area contributed by atoms with Crippen LogP contribution in [0.1, 0.15) is 52.2 Å². The molecule has 0 bridgehead atoms. The van der Waals surface area contributed by atoms with E-state index in [4.69, 9.17) is 27.9 Å². The molecule has 128 valence electrons. The van der Waals surface area contributed by atoms with Crippen LogP contribution in [0.3, 0.4) is 0 Å². The average molecular weight is 360 g/mol. The van der Waals surface area contributed by atoms with Crippen LogP contribution >= 0.6 is 23.2 Å². The van der Waals surface area contributed by atoms with Crippen LogP contribution in [-0.2, 0) is 4.74 Å². The number of amides is 1. The standard InChI is InChI=1S/C17H23Cl2NO3/c1-10-5-8-14(20(10)16(22)23-17(2,3)4)15(21)11-6-7-12(18)13(19)9-11/h6-7,9-10,14-15,21H,5,8H2,1-4H3/t10-,14-,15-/m0/s1. The number of benzene rings is 1. The quantitative estimate of drug-likeness (QED) is 0.823. The van der Waals surface area contributed by atoms with Crippen molar-refractivity contribution in [1.29, 1.82) is 0 Å². The Morgan fingerprint density at radius 1 is 1.30 bits per heavy atom. The second kappa shape index (κ2) is 6.88. The minimum absolute atomic E-state index is 0.0206. The van der Waals surface area contributed by atoms with Crippen molar-refractivity contribution in [3.05, 3.63) is 33.8 Å². The summed E-state index contributed by atoms with van der Waals surface area (Å²) >= 11 is 12.0. The van der Waals surface area contributed by atoms with Crippen molar-refractivity contribution in [2.24, 2.45) is 0 Å². The third-order valence-electron chi connectivity index (χ3n) is 3.97. The summed E-state index contributed by atoms with van der Waals surface area (Å²) in [6, 6.07) is 4.71. The molecule has 1 aromatic rings. The van der Waals surface area contributed by atoms with Crippen molar-refractivity contribution in [2.75, 3.05) is 0 Å². The van der Waals surface area contributed by atoms with Gasteiger partial charge in [-0.2, -0.15) is 0 Å². The Kier molecular flexibility index (Phi) is 5.49. The molecule has 0 unspecified atom stereocenters. The van der Waals surface area contributed by atoms with Crippen molar-refractivity contribution in [3.63, 3.8) is 0 Å². The molecular formula is C17H23Cl2NO3. The van der Waals surface area contributed by atoms with Crippen molar-refractivity contribution in [1.82, 2.24) is 4.90 Å². The lowest BCUT2D eigenvalue weighted by molar-refractivity contribution is -0.00290. The monoisotopic (exact) mass is 359 g/mol. The fourth-order valence-electron chi connectivity index (χ4n) is 2.88. The summed E-state index contributed by atoms with van der Waals surface area (Å²) in [5, 5.41) is 11.5. The van der Waals surface area contributed by atoms with E-state index in [1.54, 1.807) is 23.1 Å². The highest BCUT2D eigenvalue weighted by molar-refractivity contribution is 6.42. The Morgan fingerprint density at radius 3 is 2.52 bits per heavy atom. The first-order valence-corrected chi connectivity index (χ1v) is 8.50. The van der Waals surface area contributed by atoms with Crippen LogP contribution in [0.2, 0.25) is 10.0 Å². The van der Waals surface area contributed by atoms with Gasteiger partial charge >= 0.3 is 6.09 Å². The van der Waals surface area contributed by atoms with Gasteiger partial charge in [-0.05, 0) is 58.2 Å². The number of halogens is 2. The lowest BCUT2D eigenvalue weighted by Crippen LogP contribution is -2.45. The Balaban J connectivity index is 2.22. The number of hydrogen-bond acceptors (Lipinski definition) is 3. The van der Waals surface area contributed by atoms with Crippen molar-refractivity contribution in [2.45, 2.75) is 64.3 Å². The SMILES string of the molecule is C[C@H]1CC[C@@H]([C@@H](O)c2ccc(Cl)c(Cl)c2)N1C(=O)OC(C)(C)C. The molecule has 23 heavy (non-hydrogen) atoms. The molecule has 0 saturated carbocycles. The number of aliphatic hydroxyl groups is 1. The molecule has 1 heterocycles. The minimum Gasteiger partial charge on any atom is -0.444 e. The zero-order valence-corrected chi connectivity index (χ0v) is 15.4. The maximum Gasteiger partial charge on any atom is 0.410 e. The van der Waals surface area contributed by atoms with Gasteiger partial charge in [0.25, 0.3) is 0 Å². The van der Waals surface area contributed by atoms with Crippen molar-refractivity contribution >= 4 is 29.3 Å². The molecular weight excluding hydrogens is 337 g/mol. The van der Waals surface area contributed by atoms with Gasteiger partial charge in [-0.3, -0.25) is 4.90 Å². The molecule has 3 atom stereocenters. The van der Waals surface area contributed by atoms with Crippen LogP contribution in [0.5, 0.6) is 0 Å². The van der Waals surface area contributed by atoms with E-state index in [-0.39, 0.29) is 12.1 Å². The van der Waals surface area contributed by atoms with E-state index < -0.39 is 17.8 Å². The predicted octanol–water partition coefficient (Wildman–Crippen LogP) is 4.81. The normalized spacial score (nSPS) is 23.0. The number of aliphatic hydroxyl groups excluding tert-OH is 1. The third kappa shape index (κ3) is 4.31. The van der Waals surface area contributed by atoms with E-state index >= 15 is 0 Å². The Bertz CT molecular complexity index is 586. The lowest BCUT2D eigenvalue weighted by Gasteiger charge is -2.33. The number of carbonyl (C=O) groups is 1. The topological polar surface area (TPSA) is 49.8 Å². The first-order chi connectivity index (χ1) is 10.6. The molecule has 0 radical (unpaired) electrons.